The van der Waals surface area contributed by atoms with Crippen LogP contribution in [0.4, 0.5) is 0 Å². The van der Waals surface area contributed by atoms with E-state index in [1.807, 2.05) is 0 Å². The van der Waals surface area contributed by atoms with Crippen molar-refractivity contribution in [3.8, 4) is 0 Å². The zero-order chi connectivity index (χ0) is 14.2. The summed E-state index contributed by atoms with van der Waals surface area (Å²) in [5, 5.41) is 0. The summed E-state index contributed by atoms with van der Waals surface area (Å²) in [5.74, 6) is 0. The third-order valence-electron chi connectivity index (χ3n) is 3.85. The average Bonchev–Trinajstić information content (AvgIpc) is 2.41. The Bertz CT molecular complexity index is 161. The van der Waals surface area contributed by atoms with Crippen LogP contribution >= 0.6 is 0 Å². The lowest BCUT2D eigenvalue weighted by Gasteiger charge is -2.11. The maximum absolute atomic E-state index is 5.89. The van der Waals surface area contributed by atoms with Crippen molar-refractivity contribution in [3.05, 3.63) is 0 Å². The van der Waals surface area contributed by atoms with Gasteiger partial charge in [-0.2, -0.15) is 0 Å². The maximum atomic E-state index is 5.89. The Balaban J connectivity index is 3.10. The van der Waals surface area contributed by atoms with Crippen LogP contribution < -0.4 is 0 Å². The van der Waals surface area contributed by atoms with E-state index in [4.69, 9.17) is 4.43 Å². The van der Waals surface area contributed by atoms with E-state index in [9.17, 15) is 0 Å². The molecule has 0 aromatic heterocycles. The normalized spacial score (nSPS) is 13.4. The Morgan fingerprint density at radius 2 is 1.26 bits per heavy atom. The highest BCUT2D eigenvalue weighted by molar-refractivity contribution is 6.29. The molecule has 0 fully saturated rings. The molecule has 1 nitrogen and oxygen atoms in total. The molecule has 1 atom stereocenters. The average molecular weight is 287 g/mol. The third kappa shape index (κ3) is 16.1. The van der Waals surface area contributed by atoms with Crippen LogP contribution in [0, 0.1) is 0 Å². The van der Waals surface area contributed by atoms with Gasteiger partial charge in [0.05, 0.1) is 0 Å². The van der Waals surface area contributed by atoms with Crippen molar-refractivity contribution in [3.63, 3.8) is 0 Å². The van der Waals surface area contributed by atoms with Crippen molar-refractivity contribution in [2.45, 2.75) is 103 Å². The molecule has 0 heterocycles. The van der Waals surface area contributed by atoms with Crippen LogP contribution in [0.5, 0.6) is 0 Å². The molecular weight excluding hydrogens is 248 g/mol. The highest BCUT2D eigenvalue weighted by Gasteiger charge is 2.03. The summed E-state index contributed by atoms with van der Waals surface area (Å²) in [7, 11) is -0.246. The van der Waals surface area contributed by atoms with Gasteiger partial charge in [-0.05, 0) is 12.0 Å². The molecule has 0 aromatic carbocycles. The van der Waals surface area contributed by atoms with Crippen LogP contribution in [0.15, 0.2) is 0 Å². The van der Waals surface area contributed by atoms with Crippen LogP contribution in [0.2, 0.25) is 5.54 Å². The third-order valence-corrected chi connectivity index (χ3v) is 5.35. The molecule has 0 aliphatic heterocycles. The predicted octanol–water partition coefficient (Wildman–Crippen LogP) is 5.62. The van der Waals surface area contributed by atoms with Gasteiger partial charge in [-0.15, -0.1) is 0 Å². The maximum Gasteiger partial charge on any atom is 0.164 e. The second-order valence-corrected chi connectivity index (χ2v) is 8.29. The topological polar surface area (TPSA) is 9.23 Å². The minimum absolute atomic E-state index is 0.246. The SMILES string of the molecule is CCCCCCCCCC(C)[SiH2]OCCCCCC. The van der Waals surface area contributed by atoms with Crippen molar-refractivity contribution in [1.82, 2.24) is 0 Å². The monoisotopic (exact) mass is 286 g/mol. The lowest BCUT2D eigenvalue weighted by molar-refractivity contribution is 0.314. The molecule has 1 unspecified atom stereocenters. The van der Waals surface area contributed by atoms with E-state index >= 15 is 0 Å². The van der Waals surface area contributed by atoms with Gasteiger partial charge in [0.1, 0.15) is 0 Å². The van der Waals surface area contributed by atoms with Crippen molar-refractivity contribution in [2.24, 2.45) is 0 Å². The standard InChI is InChI=1S/C17H38OSi/c1-4-6-8-10-11-12-13-15-17(3)19-18-16-14-9-7-5-2/h17H,4-16,19H2,1-3H3. The van der Waals surface area contributed by atoms with Gasteiger partial charge in [0, 0.05) is 6.61 Å². The quantitative estimate of drug-likeness (QED) is 0.280. The molecule has 0 rings (SSSR count). The fraction of sp³-hybridized carbons (Fsp3) is 1.00. The second kappa shape index (κ2) is 16.2. The van der Waals surface area contributed by atoms with Gasteiger partial charge in [-0.3, -0.25) is 0 Å². The minimum atomic E-state index is -0.246. The molecule has 0 bridgehead atoms. The summed E-state index contributed by atoms with van der Waals surface area (Å²) >= 11 is 0. The molecule has 0 spiro atoms. The molecule has 0 radical (unpaired) electrons. The van der Waals surface area contributed by atoms with E-state index in [1.54, 1.807) is 0 Å². The van der Waals surface area contributed by atoms with Crippen molar-refractivity contribution >= 4 is 9.76 Å². The van der Waals surface area contributed by atoms with Crippen LogP contribution in [0.1, 0.15) is 97.8 Å². The van der Waals surface area contributed by atoms with Gasteiger partial charge >= 0.3 is 0 Å². The molecule has 0 N–H and O–H groups in total. The summed E-state index contributed by atoms with van der Waals surface area (Å²) in [6.07, 6.45) is 16.8. The Labute approximate surface area is 124 Å². The van der Waals surface area contributed by atoms with Gasteiger partial charge in [-0.25, -0.2) is 0 Å². The second-order valence-electron chi connectivity index (χ2n) is 6.15. The highest BCUT2D eigenvalue weighted by atomic mass is 28.2. The molecule has 0 saturated carbocycles. The minimum Gasteiger partial charge on any atom is -0.424 e. The van der Waals surface area contributed by atoms with Crippen molar-refractivity contribution in [2.75, 3.05) is 6.61 Å². The van der Waals surface area contributed by atoms with Gasteiger partial charge < -0.3 is 4.43 Å². The molecule has 2 heteroatoms. The Kier molecular flexibility index (Phi) is 16.4. The lowest BCUT2D eigenvalue weighted by Crippen LogP contribution is -2.06. The van der Waals surface area contributed by atoms with Gasteiger partial charge in [0.2, 0.25) is 0 Å². The largest absolute Gasteiger partial charge is 0.424 e. The van der Waals surface area contributed by atoms with E-state index in [2.05, 4.69) is 20.8 Å². The van der Waals surface area contributed by atoms with E-state index in [-0.39, 0.29) is 9.76 Å². The Hall–Kier alpha value is 0.177. The highest BCUT2D eigenvalue weighted by Crippen LogP contribution is 2.15. The van der Waals surface area contributed by atoms with Gasteiger partial charge in [0.25, 0.3) is 0 Å². The first-order chi connectivity index (χ1) is 9.31. The summed E-state index contributed by atoms with van der Waals surface area (Å²) < 4.78 is 5.89. The zero-order valence-corrected chi connectivity index (χ0v) is 15.3. The van der Waals surface area contributed by atoms with Crippen molar-refractivity contribution < 1.29 is 4.43 Å². The van der Waals surface area contributed by atoms with E-state index in [1.165, 1.54) is 77.0 Å². The smallest absolute Gasteiger partial charge is 0.164 e. The van der Waals surface area contributed by atoms with E-state index in [0.29, 0.717) is 0 Å². The molecule has 0 saturated heterocycles. The molecule has 0 aromatic rings. The number of hydrogen-bond donors (Lipinski definition) is 0. The summed E-state index contributed by atoms with van der Waals surface area (Å²) in [4.78, 5) is 0. The van der Waals surface area contributed by atoms with E-state index in [0.717, 1.165) is 12.1 Å². The number of hydrogen-bond acceptors (Lipinski definition) is 1. The van der Waals surface area contributed by atoms with E-state index < -0.39 is 0 Å². The predicted molar refractivity (Wildman–Crippen MR) is 90.7 cm³/mol. The number of unbranched alkanes of at least 4 members (excludes halogenated alkanes) is 9. The summed E-state index contributed by atoms with van der Waals surface area (Å²) in [6, 6.07) is 0. The Morgan fingerprint density at radius 1 is 0.737 bits per heavy atom. The van der Waals surface area contributed by atoms with Gasteiger partial charge in [-0.1, -0.05) is 91.4 Å². The summed E-state index contributed by atoms with van der Waals surface area (Å²) in [5.41, 5.74) is 0.891. The molecule has 0 amide bonds. The van der Waals surface area contributed by atoms with Crippen LogP contribution in [0.3, 0.4) is 0 Å². The first kappa shape index (κ1) is 19.2. The molecule has 19 heavy (non-hydrogen) atoms. The molecule has 0 aliphatic carbocycles. The first-order valence-electron chi connectivity index (χ1n) is 8.89. The van der Waals surface area contributed by atoms with Crippen LogP contribution in [0.25, 0.3) is 0 Å². The fourth-order valence-corrected chi connectivity index (χ4v) is 3.68. The van der Waals surface area contributed by atoms with Gasteiger partial charge in [0.15, 0.2) is 9.76 Å². The number of rotatable bonds is 15. The summed E-state index contributed by atoms with van der Waals surface area (Å²) in [6.45, 7) is 7.98. The van der Waals surface area contributed by atoms with Crippen molar-refractivity contribution in [1.29, 1.82) is 0 Å². The fourth-order valence-electron chi connectivity index (χ4n) is 2.45. The lowest BCUT2D eigenvalue weighted by atomic mass is 10.1. The first-order valence-corrected chi connectivity index (χ1v) is 10.3. The zero-order valence-electron chi connectivity index (χ0n) is 13.9. The van der Waals surface area contributed by atoms with Crippen LogP contribution in [-0.2, 0) is 4.43 Å². The molecule has 116 valence electrons. The molecular formula is C17H38OSi. The van der Waals surface area contributed by atoms with Crippen LogP contribution in [-0.4, -0.2) is 16.4 Å². The Morgan fingerprint density at radius 3 is 1.89 bits per heavy atom. The molecule has 0 aliphatic rings.